The second-order valence-corrected chi connectivity index (χ2v) is 5.16. The van der Waals surface area contributed by atoms with Crippen LogP contribution in [-0.2, 0) is 9.53 Å². The zero-order valence-electron chi connectivity index (χ0n) is 8.75. The van der Waals surface area contributed by atoms with E-state index in [-0.39, 0.29) is 17.1 Å². The first-order valence-electron chi connectivity index (χ1n) is 5.51. The highest BCUT2D eigenvalue weighted by molar-refractivity contribution is 5.85. The Labute approximate surface area is 84.3 Å². The maximum absolute atomic E-state index is 11.9. The normalized spacial score (nSPS) is 55.1. The van der Waals surface area contributed by atoms with Gasteiger partial charge in [-0.15, -0.1) is 0 Å². The first-order valence-corrected chi connectivity index (χ1v) is 5.51. The number of ether oxygens (including phenoxy) is 1. The van der Waals surface area contributed by atoms with Gasteiger partial charge in [0.2, 0.25) is 0 Å². The van der Waals surface area contributed by atoms with Crippen LogP contribution in [0.5, 0.6) is 0 Å². The van der Waals surface area contributed by atoms with Crippen LogP contribution >= 0.6 is 0 Å². The smallest absolute Gasteiger partial charge is 0.139 e. The SMILES string of the molecule is C[C@@H]1[C@H]2C(=O)CCC[C@@]23C=C[C@]1(C)O3. The minimum atomic E-state index is -0.219. The molecular weight excluding hydrogens is 176 g/mol. The van der Waals surface area contributed by atoms with Crippen molar-refractivity contribution < 1.29 is 9.53 Å². The molecule has 0 amide bonds. The Bertz CT molecular complexity index is 333. The zero-order valence-corrected chi connectivity index (χ0v) is 8.75. The van der Waals surface area contributed by atoms with Crippen molar-refractivity contribution in [3.63, 3.8) is 0 Å². The van der Waals surface area contributed by atoms with Crippen molar-refractivity contribution in [2.45, 2.75) is 44.3 Å². The maximum atomic E-state index is 11.9. The summed E-state index contributed by atoms with van der Waals surface area (Å²) in [7, 11) is 0. The fraction of sp³-hybridized carbons (Fsp3) is 0.750. The average Bonchev–Trinajstić information content (AvgIpc) is 2.54. The highest BCUT2D eigenvalue weighted by Gasteiger charge is 2.63. The van der Waals surface area contributed by atoms with E-state index >= 15 is 0 Å². The highest BCUT2D eigenvalue weighted by atomic mass is 16.5. The molecule has 0 N–H and O–H groups in total. The van der Waals surface area contributed by atoms with Crippen molar-refractivity contribution in [2.24, 2.45) is 11.8 Å². The summed E-state index contributed by atoms with van der Waals surface area (Å²) in [4.78, 5) is 11.9. The first-order chi connectivity index (χ1) is 6.57. The molecule has 1 saturated carbocycles. The molecule has 0 radical (unpaired) electrons. The maximum Gasteiger partial charge on any atom is 0.139 e. The molecule has 2 nitrogen and oxygen atoms in total. The van der Waals surface area contributed by atoms with Gasteiger partial charge < -0.3 is 4.74 Å². The van der Waals surface area contributed by atoms with Crippen LogP contribution in [0.1, 0.15) is 33.1 Å². The fourth-order valence-corrected chi connectivity index (χ4v) is 3.49. The number of carbonyl (C=O) groups is 1. The topological polar surface area (TPSA) is 26.3 Å². The lowest BCUT2D eigenvalue weighted by molar-refractivity contribution is -0.131. The van der Waals surface area contributed by atoms with Crippen LogP contribution in [0, 0.1) is 11.8 Å². The molecule has 2 fully saturated rings. The van der Waals surface area contributed by atoms with E-state index in [0.717, 1.165) is 19.3 Å². The molecule has 0 aromatic carbocycles. The Kier molecular flexibility index (Phi) is 1.42. The molecule has 2 aliphatic heterocycles. The Morgan fingerprint density at radius 3 is 3.00 bits per heavy atom. The lowest BCUT2D eigenvalue weighted by atomic mass is 9.65. The van der Waals surface area contributed by atoms with Crippen LogP contribution in [-0.4, -0.2) is 17.0 Å². The summed E-state index contributed by atoms with van der Waals surface area (Å²) in [6, 6.07) is 0. The second kappa shape index (κ2) is 2.30. The Balaban J connectivity index is 2.10. The summed E-state index contributed by atoms with van der Waals surface area (Å²) in [5.41, 5.74) is -0.395. The lowest BCUT2D eigenvalue weighted by Crippen LogP contribution is -2.43. The molecule has 0 unspecified atom stereocenters. The van der Waals surface area contributed by atoms with E-state index in [1.54, 1.807) is 0 Å². The molecule has 14 heavy (non-hydrogen) atoms. The summed E-state index contributed by atoms with van der Waals surface area (Å²) in [6.45, 7) is 4.26. The monoisotopic (exact) mass is 192 g/mol. The van der Waals surface area contributed by atoms with Crippen molar-refractivity contribution in [3.05, 3.63) is 12.2 Å². The predicted molar refractivity (Wildman–Crippen MR) is 52.9 cm³/mol. The minimum Gasteiger partial charge on any atom is -0.360 e. The molecule has 3 rings (SSSR count). The molecule has 76 valence electrons. The third-order valence-electron chi connectivity index (χ3n) is 4.37. The third kappa shape index (κ3) is 0.789. The van der Waals surface area contributed by atoms with Gasteiger partial charge in [-0.2, -0.15) is 0 Å². The minimum absolute atomic E-state index is 0.131. The largest absolute Gasteiger partial charge is 0.360 e. The first kappa shape index (κ1) is 8.66. The molecule has 1 aliphatic carbocycles. The number of rotatable bonds is 0. The van der Waals surface area contributed by atoms with Crippen molar-refractivity contribution in [3.8, 4) is 0 Å². The standard InChI is InChI=1S/C12H16O2/c1-8-10-9(13)4-3-5-12(10)7-6-11(8,2)14-12/h6-8,10H,3-5H2,1-2H3/t8-,10+,11+,12-/m1/s1. The van der Waals surface area contributed by atoms with Crippen LogP contribution in [0.4, 0.5) is 0 Å². The fourth-order valence-electron chi connectivity index (χ4n) is 3.49. The molecule has 1 saturated heterocycles. The number of hydrogen-bond acceptors (Lipinski definition) is 2. The van der Waals surface area contributed by atoms with Gasteiger partial charge in [0.05, 0.1) is 17.1 Å². The van der Waals surface area contributed by atoms with Crippen molar-refractivity contribution >= 4 is 5.78 Å². The number of hydrogen-bond donors (Lipinski definition) is 0. The Morgan fingerprint density at radius 1 is 1.50 bits per heavy atom. The van der Waals surface area contributed by atoms with Crippen molar-refractivity contribution in [2.75, 3.05) is 0 Å². The van der Waals surface area contributed by atoms with Gasteiger partial charge in [0.25, 0.3) is 0 Å². The molecule has 0 aromatic rings. The molecule has 1 spiro atoms. The molecular formula is C12H16O2. The zero-order chi connectivity index (χ0) is 9.97. The van der Waals surface area contributed by atoms with E-state index in [4.69, 9.17) is 4.74 Å². The molecule has 2 heterocycles. The van der Waals surface area contributed by atoms with E-state index in [1.165, 1.54) is 0 Å². The van der Waals surface area contributed by atoms with Gasteiger partial charge in [-0.25, -0.2) is 0 Å². The molecule has 2 bridgehead atoms. The number of ketones is 1. The quantitative estimate of drug-likeness (QED) is 0.549. The van der Waals surface area contributed by atoms with Crippen LogP contribution in [0.3, 0.4) is 0 Å². The summed E-state index contributed by atoms with van der Waals surface area (Å²) >= 11 is 0. The van der Waals surface area contributed by atoms with Crippen LogP contribution < -0.4 is 0 Å². The summed E-state index contributed by atoms with van der Waals surface area (Å²) in [5.74, 6) is 0.892. The van der Waals surface area contributed by atoms with Crippen molar-refractivity contribution in [1.82, 2.24) is 0 Å². The average molecular weight is 192 g/mol. The van der Waals surface area contributed by atoms with Gasteiger partial charge in [0.1, 0.15) is 5.78 Å². The molecule has 0 aromatic heterocycles. The van der Waals surface area contributed by atoms with Gasteiger partial charge in [0, 0.05) is 12.3 Å². The molecule has 3 aliphatic rings. The van der Waals surface area contributed by atoms with Crippen LogP contribution in [0.2, 0.25) is 0 Å². The van der Waals surface area contributed by atoms with E-state index in [1.807, 2.05) is 0 Å². The second-order valence-electron chi connectivity index (χ2n) is 5.16. The van der Waals surface area contributed by atoms with Gasteiger partial charge in [-0.05, 0) is 19.8 Å². The van der Waals surface area contributed by atoms with E-state index in [9.17, 15) is 4.79 Å². The van der Waals surface area contributed by atoms with Crippen LogP contribution in [0.15, 0.2) is 12.2 Å². The lowest BCUT2D eigenvalue weighted by Gasteiger charge is -2.35. The van der Waals surface area contributed by atoms with Crippen LogP contribution in [0.25, 0.3) is 0 Å². The summed E-state index contributed by atoms with van der Waals surface area (Å²) in [5, 5.41) is 0. The van der Waals surface area contributed by atoms with Crippen molar-refractivity contribution in [1.29, 1.82) is 0 Å². The third-order valence-corrected chi connectivity index (χ3v) is 4.37. The number of Topliss-reactive ketones (excluding diaryl/α,β-unsaturated/α-hetero) is 1. The summed E-state index contributed by atoms with van der Waals surface area (Å²) in [6.07, 6.45) is 7.08. The highest BCUT2D eigenvalue weighted by Crippen LogP contribution is 2.57. The van der Waals surface area contributed by atoms with E-state index in [2.05, 4.69) is 26.0 Å². The van der Waals surface area contributed by atoms with E-state index < -0.39 is 0 Å². The number of fused-ring (bicyclic) bond motifs is 1. The number of carbonyl (C=O) groups excluding carboxylic acids is 1. The Morgan fingerprint density at radius 2 is 2.29 bits per heavy atom. The van der Waals surface area contributed by atoms with Gasteiger partial charge in [-0.1, -0.05) is 19.1 Å². The summed E-state index contributed by atoms with van der Waals surface area (Å²) < 4.78 is 6.10. The molecule has 2 heteroatoms. The van der Waals surface area contributed by atoms with Gasteiger partial charge >= 0.3 is 0 Å². The van der Waals surface area contributed by atoms with Gasteiger partial charge in [-0.3, -0.25) is 4.79 Å². The predicted octanol–water partition coefficient (Wildman–Crippen LogP) is 2.09. The molecule has 4 atom stereocenters. The Hall–Kier alpha value is -0.630. The van der Waals surface area contributed by atoms with E-state index in [0.29, 0.717) is 11.7 Å². The van der Waals surface area contributed by atoms with Gasteiger partial charge in [0.15, 0.2) is 0 Å².